The SMILES string of the molecule is Cc1ccc(N(CC(=O)NCCCc2ccc(Cl)cc2)S(C)(=O)=O)cc1C. The van der Waals surface area contributed by atoms with E-state index in [1.165, 1.54) is 0 Å². The molecular formula is C20H25ClN2O3S. The second-order valence-electron chi connectivity index (χ2n) is 6.62. The molecule has 2 aromatic carbocycles. The second-order valence-corrected chi connectivity index (χ2v) is 8.96. The van der Waals surface area contributed by atoms with Crippen molar-refractivity contribution in [2.75, 3.05) is 23.7 Å². The lowest BCUT2D eigenvalue weighted by atomic mass is 10.1. The molecule has 0 heterocycles. The van der Waals surface area contributed by atoms with Crippen LogP contribution in [0.4, 0.5) is 5.69 Å². The molecule has 2 aromatic rings. The van der Waals surface area contributed by atoms with Gasteiger partial charge < -0.3 is 5.32 Å². The van der Waals surface area contributed by atoms with E-state index >= 15 is 0 Å². The van der Waals surface area contributed by atoms with Gasteiger partial charge in [-0.3, -0.25) is 9.10 Å². The van der Waals surface area contributed by atoms with Gasteiger partial charge in [0.25, 0.3) is 0 Å². The van der Waals surface area contributed by atoms with Gasteiger partial charge >= 0.3 is 0 Å². The molecule has 5 nitrogen and oxygen atoms in total. The average molecular weight is 409 g/mol. The Kier molecular flexibility index (Phi) is 7.27. The van der Waals surface area contributed by atoms with Gasteiger partial charge in [-0.05, 0) is 67.6 Å². The summed E-state index contributed by atoms with van der Waals surface area (Å²) in [6, 6.07) is 12.9. The number of halogens is 1. The zero-order chi connectivity index (χ0) is 20.0. The Bertz CT molecular complexity index is 896. The van der Waals surface area contributed by atoms with Gasteiger partial charge in [-0.15, -0.1) is 0 Å². The monoisotopic (exact) mass is 408 g/mol. The number of amides is 1. The minimum atomic E-state index is -3.56. The summed E-state index contributed by atoms with van der Waals surface area (Å²) in [5.41, 5.74) is 3.68. The fraction of sp³-hybridized carbons (Fsp3) is 0.350. The molecule has 27 heavy (non-hydrogen) atoms. The molecule has 0 radical (unpaired) electrons. The third-order valence-electron chi connectivity index (χ3n) is 4.34. The number of nitrogens with one attached hydrogen (secondary N) is 1. The number of sulfonamides is 1. The van der Waals surface area contributed by atoms with E-state index in [0.717, 1.165) is 40.1 Å². The summed E-state index contributed by atoms with van der Waals surface area (Å²) in [5.74, 6) is -0.324. The number of carbonyl (C=O) groups excluding carboxylic acids is 1. The number of hydrogen-bond donors (Lipinski definition) is 1. The molecule has 0 spiro atoms. The van der Waals surface area contributed by atoms with Crippen molar-refractivity contribution in [3.63, 3.8) is 0 Å². The van der Waals surface area contributed by atoms with Crippen molar-refractivity contribution in [1.82, 2.24) is 5.32 Å². The predicted octanol–water partition coefficient (Wildman–Crippen LogP) is 3.47. The van der Waals surface area contributed by atoms with Crippen LogP contribution in [0.15, 0.2) is 42.5 Å². The van der Waals surface area contributed by atoms with Gasteiger partial charge in [-0.1, -0.05) is 29.8 Å². The predicted molar refractivity (Wildman–Crippen MR) is 111 cm³/mol. The van der Waals surface area contributed by atoms with Crippen molar-refractivity contribution >= 4 is 33.2 Å². The Hall–Kier alpha value is -2.05. The summed E-state index contributed by atoms with van der Waals surface area (Å²) in [6.45, 7) is 4.11. The fourth-order valence-electron chi connectivity index (χ4n) is 2.64. The summed E-state index contributed by atoms with van der Waals surface area (Å²) >= 11 is 5.86. The number of aryl methyl sites for hydroxylation is 3. The third kappa shape index (κ3) is 6.56. The molecule has 0 unspecified atom stereocenters. The lowest BCUT2D eigenvalue weighted by Crippen LogP contribution is -2.40. The lowest BCUT2D eigenvalue weighted by Gasteiger charge is -2.22. The standard InChI is InChI=1S/C20H25ClN2O3S/c1-15-6-11-19(13-16(15)2)23(27(3,25)26)14-20(24)22-12-4-5-17-7-9-18(21)10-8-17/h6-11,13H,4-5,12,14H2,1-3H3,(H,22,24). The van der Waals surface area contributed by atoms with E-state index in [1.807, 2.05) is 44.2 Å². The maximum Gasteiger partial charge on any atom is 0.240 e. The summed E-state index contributed by atoms with van der Waals surface area (Å²) < 4.78 is 25.4. The van der Waals surface area contributed by atoms with Crippen LogP contribution in [-0.4, -0.2) is 33.7 Å². The average Bonchev–Trinajstić information content (AvgIpc) is 2.60. The third-order valence-corrected chi connectivity index (χ3v) is 5.74. The van der Waals surface area contributed by atoms with Crippen molar-refractivity contribution in [2.45, 2.75) is 26.7 Å². The van der Waals surface area contributed by atoms with Crippen LogP contribution < -0.4 is 9.62 Å². The molecule has 0 aromatic heterocycles. The highest BCUT2D eigenvalue weighted by Crippen LogP contribution is 2.21. The maximum absolute atomic E-state index is 12.2. The van der Waals surface area contributed by atoms with Gasteiger partial charge in [0, 0.05) is 11.6 Å². The van der Waals surface area contributed by atoms with Crippen LogP contribution >= 0.6 is 11.6 Å². The Morgan fingerprint density at radius 2 is 1.74 bits per heavy atom. The first-order chi connectivity index (χ1) is 12.7. The number of anilines is 1. The first-order valence-electron chi connectivity index (χ1n) is 8.73. The van der Waals surface area contributed by atoms with Crippen LogP contribution in [0.2, 0.25) is 5.02 Å². The van der Waals surface area contributed by atoms with Crippen LogP contribution in [0.1, 0.15) is 23.1 Å². The summed E-state index contributed by atoms with van der Waals surface area (Å²) in [4.78, 5) is 12.2. The van der Waals surface area contributed by atoms with E-state index in [1.54, 1.807) is 12.1 Å². The smallest absolute Gasteiger partial charge is 0.240 e. The number of rotatable bonds is 8. The molecule has 146 valence electrons. The number of benzene rings is 2. The van der Waals surface area contributed by atoms with E-state index in [4.69, 9.17) is 11.6 Å². The van der Waals surface area contributed by atoms with Gasteiger partial charge in [0.15, 0.2) is 0 Å². The van der Waals surface area contributed by atoms with E-state index in [9.17, 15) is 13.2 Å². The molecular weight excluding hydrogens is 384 g/mol. The Morgan fingerprint density at radius 3 is 2.33 bits per heavy atom. The van der Waals surface area contributed by atoms with Crippen molar-refractivity contribution in [3.05, 3.63) is 64.2 Å². The summed E-state index contributed by atoms with van der Waals surface area (Å²) in [6.07, 6.45) is 2.68. The van der Waals surface area contributed by atoms with E-state index < -0.39 is 10.0 Å². The van der Waals surface area contributed by atoms with Crippen molar-refractivity contribution in [3.8, 4) is 0 Å². The minimum Gasteiger partial charge on any atom is -0.355 e. The molecule has 1 N–H and O–H groups in total. The lowest BCUT2D eigenvalue weighted by molar-refractivity contribution is -0.119. The fourth-order valence-corrected chi connectivity index (χ4v) is 3.61. The number of nitrogens with zero attached hydrogens (tertiary/aromatic N) is 1. The van der Waals surface area contributed by atoms with E-state index in [-0.39, 0.29) is 12.5 Å². The second kappa shape index (κ2) is 9.24. The van der Waals surface area contributed by atoms with Gasteiger partial charge in [0.05, 0.1) is 11.9 Å². The molecule has 2 rings (SSSR count). The Labute approximate surface area is 166 Å². The highest BCUT2D eigenvalue weighted by atomic mass is 35.5. The molecule has 7 heteroatoms. The van der Waals surface area contributed by atoms with Crippen molar-refractivity contribution < 1.29 is 13.2 Å². The molecule has 0 aliphatic carbocycles. The quantitative estimate of drug-likeness (QED) is 0.680. The Balaban J connectivity index is 1.92. The molecule has 0 bridgehead atoms. The molecule has 0 aliphatic rings. The highest BCUT2D eigenvalue weighted by Gasteiger charge is 2.21. The minimum absolute atomic E-state index is 0.234. The number of hydrogen-bond acceptors (Lipinski definition) is 3. The molecule has 0 atom stereocenters. The van der Waals surface area contributed by atoms with Crippen LogP contribution in [0.25, 0.3) is 0 Å². The Morgan fingerprint density at radius 1 is 1.07 bits per heavy atom. The molecule has 0 saturated heterocycles. The van der Waals surface area contributed by atoms with E-state index in [0.29, 0.717) is 17.3 Å². The summed E-state index contributed by atoms with van der Waals surface area (Å²) in [7, 11) is -3.56. The molecule has 0 saturated carbocycles. The van der Waals surface area contributed by atoms with Gasteiger partial charge in [0.1, 0.15) is 6.54 Å². The normalized spacial score (nSPS) is 11.3. The highest BCUT2D eigenvalue weighted by molar-refractivity contribution is 7.92. The van der Waals surface area contributed by atoms with Gasteiger partial charge in [-0.2, -0.15) is 0 Å². The van der Waals surface area contributed by atoms with Crippen LogP contribution in [0.3, 0.4) is 0 Å². The first-order valence-corrected chi connectivity index (χ1v) is 11.0. The van der Waals surface area contributed by atoms with Gasteiger partial charge in [0.2, 0.25) is 15.9 Å². The molecule has 0 fully saturated rings. The molecule has 0 aliphatic heterocycles. The summed E-state index contributed by atoms with van der Waals surface area (Å²) in [5, 5.41) is 3.49. The molecule has 1 amide bonds. The first kappa shape index (κ1) is 21.3. The largest absolute Gasteiger partial charge is 0.355 e. The topological polar surface area (TPSA) is 66.5 Å². The van der Waals surface area contributed by atoms with Crippen molar-refractivity contribution in [1.29, 1.82) is 0 Å². The van der Waals surface area contributed by atoms with Crippen molar-refractivity contribution in [2.24, 2.45) is 0 Å². The number of carbonyl (C=O) groups is 1. The zero-order valence-electron chi connectivity index (χ0n) is 15.8. The van der Waals surface area contributed by atoms with Gasteiger partial charge in [-0.25, -0.2) is 8.42 Å². The van der Waals surface area contributed by atoms with Crippen LogP contribution in [0, 0.1) is 13.8 Å². The maximum atomic E-state index is 12.2. The van der Waals surface area contributed by atoms with E-state index in [2.05, 4.69) is 5.32 Å². The zero-order valence-corrected chi connectivity index (χ0v) is 17.4. The van der Waals surface area contributed by atoms with Crippen LogP contribution in [-0.2, 0) is 21.2 Å². The van der Waals surface area contributed by atoms with Crippen LogP contribution in [0.5, 0.6) is 0 Å².